The molecule has 3 aromatic rings. The Balaban J connectivity index is 2.08. The van der Waals surface area contributed by atoms with Gasteiger partial charge in [0.15, 0.2) is 0 Å². The molecule has 0 saturated heterocycles. The molecule has 0 spiro atoms. The summed E-state index contributed by atoms with van der Waals surface area (Å²) in [5, 5.41) is 20.0. The Morgan fingerprint density at radius 2 is 2.00 bits per heavy atom. The van der Waals surface area contributed by atoms with E-state index in [9.17, 15) is 15.2 Å². The average molecular weight is 362 g/mol. The molecule has 0 fully saturated rings. The van der Waals surface area contributed by atoms with E-state index >= 15 is 0 Å². The summed E-state index contributed by atoms with van der Waals surface area (Å²) >= 11 is 0. The molecule has 7 heteroatoms. The fourth-order valence-corrected chi connectivity index (χ4v) is 3.30. The Kier molecular flexibility index (Phi) is 3.74. The second kappa shape index (κ2) is 6.11. The molecule has 27 heavy (non-hydrogen) atoms. The number of nitrogens with two attached hydrogens (primary N) is 1. The topological polar surface area (TPSA) is 119 Å². The molecule has 1 aromatic heterocycles. The van der Waals surface area contributed by atoms with Crippen molar-refractivity contribution in [3.8, 4) is 23.3 Å². The van der Waals surface area contributed by atoms with Gasteiger partial charge >= 0.3 is 5.63 Å². The molecule has 3 N–H and O–H groups in total. The quantitative estimate of drug-likeness (QED) is 0.673. The highest BCUT2D eigenvalue weighted by molar-refractivity contribution is 5.84. The lowest BCUT2D eigenvalue weighted by Gasteiger charge is -2.27. The zero-order valence-corrected chi connectivity index (χ0v) is 14.2. The Bertz CT molecular complexity index is 1200. The lowest BCUT2D eigenvalue weighted by atomic mass is 9.82. The maximum Gasteiger partial charge on any atom is 0.336 e. The van der Waals surface area contributed by atoms with Crippen molar-refractivity contribution in [1.29, 1.82) is 5.26 Å². The van der Waals surface area contributed by atoms with E-state index in [1.807, 2.05) is 0 Å². The van der Waals surface area contributed by atoms with Gasteiger partial charge in [0.2, 0.25) is 5.88 Å². The van der Waals surface area contributed by atoms with E-state index in [4.69, 9.17) is 19.6 Å². The minimum Gasteiger partial charge on any atom is -0.508 e. The lowest BCUT2D eigenvalue weighted by molar-refractivity contribution is 0.388. The van der Waals surface area contributed by atoms with E-state index in [0.29, 0.717) is 33.6 Å². The first-order chi connectivity index (χ1) is 13.0. The largest absolute Gasteiger partial charge is 0.508 e. The summed E-state index contributed by atoms with van der Waals surface area (Å²) in [6.07, 6.45) is 0. The molecule has 0 aliphatic carbocycles. The van der Waals surface area contributed by atoms with Crippen molar-refractivity contribution in [2.75, 3.05) is 7.11 Å². The molecule has 1 atom stereocenters. The van der Waals surface area contributed by atoms with E-state index in [2.05, 4.69) is 6.07 Å². The van der Waals surface area contributed by atoms with Gasteiger partial charge in [-0.25, -0.2) is 4.79 Å². The van der Waals surface area contributed by atoms with Crippen LogP contribution >= 0.6 is 0 Å². The van der Waals surface area contributed by atoms with Crippen molar-refractivity contribution in [1.82, 2.24) is 0 Å². The number of hydrogen-bond donors (Lipinski definition) is 2. The van der Waals surface area contributed by atoms with Gasteiger partial charge in [-0.05, 0) is 29.8 Å². The van der Waals surface area contributed by atoms with Crippen LogP contribution in [-0.2, 0) is 0 Å². The van der Waals surface area contributed by atoms with E-state index in [1.165, 1.54) is 25.3 Å². The first-order valence-corrected chi connectivity index (χ1v) is 8.04. The zero-order valence-electron chi connectivity index (χ0n) is 14.2. The number of rotatable bonds is 2. The second-order valence-electron chi connectivity index (χ2n) is 6.03. The number of methoxy groups -OCH3 is 1. The number of aromatic hydroxyl groups is 1. The Hall–Kier alpha value is -3.92. The van der Waals surface area contributed by atoms with Crippen molar-refractivity contribution in [3.63, 3.8) is 0 Å². The number of fused-ring (bicyclic) bond motifs is 2. The number of allylic oxidation sites excluding steroid dienone is 1. The molecule has 2 aromatic carbocycles. The number of nitriles is 1. The summed E-state index contributed by atoms with van der Waals surface area (Å²) in [6, 6.07) is 13.0. The molecule has 4 rings (SSSR count). The minimum absolute atomic E-state index is 0.000175. The summed E-state index contributed by atoms with van der Waals surface area (Å²) in [7, 11) is 1.53. The number of phenolic OH excluding ortho intramolecular Hbond substituents is 1. The highest BCUT2D eigenvalue weighted by atomic mass is 16.5. The molecule has 7 nitrogen and oxygen atoms in total. The number of hydrogen-bond acceptors (Lipinski definition) is 7. The van der Waals surface area contributed by atoms with E-state index in [0.717, 1.165) is 0 Å². The van der Waals surface area contributed by atoms with Gasteiger partial charge in [0, 0.05) is 23.1 Å². The molecule has 1 aliphatic rings. The number of benzene rings is 2. The van der Waals surface area contributed by atoms with Crippen molar-refractivity contribution in [2.24, 2.45) is 5.73 Å². The van der Waals surface area contributed by atoms with Crippen molar-refractivity contribution in [2.45, 2.75) is 5.92 Å². The van der Waals surface area contributed by atoms with Gasteiger partial charge in [-0.3, -0.25) is 0 Å². The maximum absolute atomic E-state index is 12.1. The molecule has 0 radical (unpaired) electrons. The van der Waals surface area contributed by atoms with Gasteiger partial charge in [0.05, 0.1) is 13.0 Å². The van der Waals surface area contributed by atoms with Gasteiger partial charge in [-0.1, -0.05) is 6.07 Å². The van der Waals surface area contributed by atoms with Crippen LogP contribution in [0, 0.1) is 11.3 Å². The first kappa shape index (κ1) is 16.5. The van der Waals surface area contributed by atoms with E-state index in [-0.39, 0.29) is 17.2 Å². The average Bonchev–Trinajstić information content (AvgIpc) is 2.65. The molecular weight excluding hydrogens is 348 g/mol. The molecular formula is C20H14N2O5. The summed E-state index contributed by atoms with van der Waals surface area (Å²) in [5.74, 6) is 0.162. The highest BCUT2D eigenvalue weighted by Gasteiger charge is 2.32. The van der Waals surface area contributed by atoms with Crippen LogP contribution in [0.5, 0.6) is 17.2 Å². The zero-order chi connectivity index (χ0) is 19.1. The first-order valence-electron chi connectivity index (χ1n) is 8.04. The summed E-state index contributed by atoms with van der Waals surface area (Å²) < 4.78 is 16.1. The third-order valence-corrected chi connectivity index (χ3v) is 4.50. The van der Waals surface area contributed by atoms with Gasteiger partial charge in [0.25, 0.3) is 0 Å². The monoisotopic (exact) mass is 362 g/mol. The van der Waals surface area contributed by atoms with Crippen LogP contribution in [-0.4, -0.2) is 12.2 Å². The van der Waals surface area contributed by atoms with Crippen molar-refractivity contribution >= 4 is 11.0 Å². The Morgan fingerprint density at radius 3 is 2.74 bits per heavy atom. The molecule has 1 unspecified atom stereocenters. The third-order valence-electron chi connectivity index (χ3n) is 4.50. The van der Waals surface area contributed by atoms with Crippen LogP contribution in [0.2, 0.25) is 0 Å². The predicted octanol–water partition coefficient (Wildman–Crippen LogP) is 2.73. The minimum atomic E-state index is -0.655. The number of phenols is 1. The van der Waals surface area contributed by atoms with Crippen LogP contribution < -0.4 is 20.8 Å². The van der Waals surface area contributed by atoms with Crippen LogP contribution in [0.4, 0.5) is 0 Å². The standard InChI is InChI=1S/C20H14N2O5/c1-25-11-3-5-16-13(7-11)14(8-18(24)26-16)19-12-4-2-10(23)6-17(12)27-20(22)15(19)9-21/h2-8,19,23H,22H2,1H3. The summed E-state index contributed by atoms with van der Waals surface area (Å²) in [4.78, 5) is 12.1. The second-order valence-corrected chi connectivity index (χ2v) is 6.03. The molecule has 134 valence electrons. The summed E-state index contributed by atoms with van der Waals surface area (Å²) in [5.41, 5.74) is 7.07. The fraction of sp³-hybridized carbons (Fsp3) is 0.100. The molecule has 2 heterocycles. The maximum atomic E-state index is 12.1. The molecule has 0 bridgehead atoms. The van der Waals surface area contributed by atoms with Crippen molar-refractivity contribution < 1.29 is 19.0 Å². The van der Waals surface area contributed by atoms with E-state index < -0.39 is 11.5 Å². The fourth-order valence-electron chi connectivity index (χ4n) is 3.30. The normalized spacial score (nSPS) is 15.8. The van der Waals surface area contributed by atoms with Crippen LogP contribution in [0.1, 0.15) is 17.0 Å². The van der Waals surface area contributed by atoms with Crippen LogP contribution in [0.3, 0.4) is 0 Å². The van der Waals surface area contributed by atoms with Gasteiger partial charge in [0.1, 0.15) is 34.5 Å². The van der Waals surface area contributed by atoms with Gasteiger partial charge in [-0.15, -0.1) is 0 Å². The summed E-state index contributed by atoms with van der Waals surface area (Å²) in [6.45, 7) is 0. The highest BCUT2D eigenvalue weighted by Crippen LogP contribution is 2.45. The van der Waals surface area contributed by atoms with Crippen molar-refractivity contribution in [3.05, 3.63) is 75.5 Å². The lowest BCUT2D eigenvalue weighted by Crippen LogP contribution is -2.21. The smallest absolute Gasteiger partial charge is 0.336 e. The van der Waals surface area contributed by atoms with E-state index in [1.54, 1.807) is 24.3 Å². The predicted molar refractivity (Wildman–Crippen MR) is 96.4 cm³/mol. The molecule has 0 saturated carbocycles. The number of nitrogens with zero attached hydrogens (tertiary/aromatic N) is 1. The van der Waals surface area contributed by atoms with Crippen LogP contribution in [0.25, 0.3) is 11.0 Å². The third kappa shape index (κ3) is 2.64. The molecule has 1 aliphatic heterocycles. The van der Waals surface area contributed by atoms with Gasteiger partial charge in [-0.2, -0.15) is 5.26 Å². The SMILES string of the molecule is COc1ccc2oc(=O)cc(C3C(C#N)=C(N)Oc4cc(O)ccc43)c2c1. The Morgan fingerprint density at radius 1 is 1.19 bits per heavy atom. The van der Waals surface area contributed by atoms with Gasteiger partial charge < -0.3 is 24.7 Å². The Labute approximate surface area is 153 Å². The number of ether oxygens (including phenoxy) is 2. The molecule has 0 amide bonds. The van der Waals surface area contributed by atoms with Crippen LogP contribution in [0.15, 0.2) is 63.1 Å².